The molecule has 0 aliphatic rings. The first-order valence-electron chi connectivity index (χ1n) is 5.88. The van der Waals surface area contributed by atoms with Crippen LogP contribution in [0.4, 0.5) is 0 Å². The largest absolute Gasteiger partial charge is 0.409 e. The second-order valence-electron chi connectivity index (χ2n) is 4.17. The predicted molar refractivity (Wildman–Crippen MR) is 76.9 cm³/mol. The molecule has 1 amide bonds. The summed E-state index contributed by atoms with van der Waals surface area (Å²) in [5.41, 5.74) is 7.21. The zero-order valence-corrected chi connectivity index (χ0v) is 11.6. The van der Waals surface area contributed by atoms with Gasteiger partial charge in [-0.1, -0.05) is 5.16 Å². The number of rotatable bonds is 4. The van der Waals surface area contributed by atoms with Gasteiger partial charge in [-0.15, -0.1) is 0 Å². The Labute approximate surface area is 120 Å². The zero-order chi connectivity index (χ0) is 14.5. The van der Waals surface area contributed by atoms with Gasteiger partial charge in [0.05, 0.1) is 6.04 Å². The molecule has 1 unspecified atom stereocenters. The number of amidine groups is 1. The van der Waals surface area contributed by atoms with E-state index in [9.17, 15) is 4.79 Å². The molecule has 0 saturated carbocycles. The molecule has 104 valence electrons. The Morgan fingerprint density at radius 1 is 1.50 bits per heavy atom. The van der Waals surface area contributed by atoms with Crippen molar-refractivity contribution >= 4 is 23.1 Å². The number of aromatic nitrogens is 1. The van der Waals surface area contributed by atoms with Crippen LogP contribution >= 0.6 is 11.3 Å². The first kappa shape index (κ1) is 14.0. The molecular formula is C13H14N4O2S. The van der Waals surface area contributed by atoms with Gasteiger partial charge in [0.25, 0.3) is 5.91 Å². The van der Waals surface area contributed by atoms with Crippen molar-refractivity contribution in [1.29, 1.82) is 0 Å². The van der Waals surface area contributed by atoms with Crippen molar-refractivity contribution in [3.05, 3.63) is 52.0 Å². The number of hydrogen-bond acceptors (Lipinski definition) is 5. The van der Waals surface area contributed by atoms with E-state index in [1.807, 2.05) is 23.8 Å². The molecule has 0 saturated heterocycles. The summed E-state index contributed by atoms with van der Waals surface area (Å²) >= 11 is 1.58. The maximum atomic E-state index is 12.0. The summed E-state index contributed by atoms with van der Waals surface area (Å²) in [6.07, 6.45) is 1.39. The summed E-state index contributed by atoms with van der Waals surface area (Å²) in [5, 5.41) is 18.2. The zero-order valence-electron chi connectivity index (χ0n) is 10.8. The Morgan fingerprint density at radius 2 is 2.30 bits per heavy atom. The maximum Gasteiger partial charge on any atom is 0.270 e. The van der Waals surface area contributed by atoms with Gasteiger partial charge in [0, 0.05) is 11.8 Å². The molecule has 6 nitrogen and oxygen atoms in total. The smallest absolute Gasteiger partial charge is 0.270 e. The molecule has 0 spiro atoms. The van der Waals surface area contributed by atoms with Crippen molar-refractivity contribution in [3.63, 3.8) is 0 Å². The molecule has 2 aromatic rings. The monoisotopic (exact) mass is 290 g/mol. The van der Waals surface area contributed by atoms with Gasteiger partial charge in [-0.2, -0.15) is 11.3 Å². The van der Waals surface area contributed by atoms with Gasteiger partial charge >= 0.3 is 0 Å². The van der Waals surface area contributed by atoms with Crippen LogP contribution in [0.15, 0.2) is 40.3 Å². The quantitative estimate of drug-likeness (QED) is 0.345. The van der Waals surface area contributed by atoms with Crippen molar-refractivity contribution in [1.82, 2.24) is 10.3 Å². The first-order valence-corrected chi connectivity index (χ1v) is 6.83. The number of nitrogens with one attached hydrogen (secondary N) is 1. The highest BCUT2D eigenvalue weighted by atomic mass is 32.1. The number of thiophene rings is 1. The maximum absolute atomic E-state index is 12.0. The number of hydrogen-bond donors (Lipinski definition) is 3. The van der Waals surface area contributed by atoms with Crippen LogP contribution in [0.5, 0.6) is 0 Å². The van der Waals surface area contributed by atoms with Crippen LogP contribution in [0, 0.1) is 0 Å². The molecule has 1 atom stereocenters. The standard InChI is InChI=1S/C13H14N4O2S/c1-8(10-4-5-20-7-10)16-13(18)11-3-2-9(6-15-11)12(14)17-19/h2-8,19H,1H3,(H2,14,17)(H,16,18). The summed E-state index contributed by atoms with van der Waals surface area (Å²) in [4.78, 5) is 16.0. The summed E-state index contributed by atoms with van der Waals surface area (Å²) in [5.74, 6) is -0.314. The Balaban J connectivity index is 2.06. The molecule has 2 heterocycles. The Hall–Kier alpha value is -2.41. The highest BCUT2D eigenvalue weighted by molar-refractivity contribution is 7.07. The van der Waals surface area contributed by atoms with Crippen molar-refractivity contribution in [3.8, 4) is 0 Å². The number of carbonyl (C=O) groups is 1. The molecule has 0 aliphatic carbocycles. The highest BCUT2D eigenvalue weighted by Gasteiger charge is 2.13. The Morgan fingerprint density at radius 3 is 2.85 bits per heavy atom. The molecule has 2 rings (SSSR count). The van der Waals surface area contributed by atoms with E-state index >= 15 is 0 Å². The van der Waals surface area contributed by atoms with E-state index < -0.39 is 0 Å². The second-order valence-corrected chi connectivity index (χ2v) is 4.95. The van der Waals surface area contributed by atoms with E-state index in [2.05, 4.69) is 15.5 Å². The molecule has 20 heavy (non-hydrogen) atoms. The third-order valence-corrected chi connectivity index (χ3v) is 3.49. The number of oxime groups is 1. The van der Waals surface area contributed by atoms with Crippen LogP contribution in [-0.2, 0) is 0 Å². The lowest BCUT2D eigenvalue weighted by molar-refractivity contribution is 0.0935. The fourth-order valence-electron chi connectivity index (χ4n) is 1.61. The number of pyridine rings is 1. The Bertz CT molecular complexity index is 608. The van der Waals surface area contributed by atoms with Crippen LogP contribution < -0.4 is 11.1 Å². The number of nitrogens with two attached hydrogens (primary N) is 1. The average molecular weight is 290 g/mol. The lowest BCUT2D eigenvalue weighted by atomic mass is 10.1. The van der Waals surface area contributed by atoms with E-state index in [0.717, 1.165) is 5.56 Å². The van der Waals surface area contributed by atoms with Gasteiger partial charge in [-0.3, -0.25) is 9.78 Å². The SMILES string of the molecule is CC(NC(=O)c1ccc(C(N)=NO)cn1)c1ccsc1. The van der Waals surface area contributed by atoms with Gasteiger partial charge < -0.3 is 16.3 Å². The minimum atomic E-state index is -0.269. The number of carbonyl (C=O) groups excluding carboxylic acids is 1. The lowest BCUT2D eigenvalue weighted by Crippen LogP contribution is -2.27. The summed E-state index contributed by atoms with van der Waals surface area (Å²) in [6, 6.07) is 4.99. The van der Waals surface area contributed by atoms with E-state index in [1.165, 1.54) is 12.3 Å². The molecule has 0 fully saturated rings. The van der Waals surface area contributed by atoms with Crippen molar-refractivity contribution in [2.45, 2.75) is 13.0 Å². The molecule has 4 N–H and O–H groups in total. The first-order chi connectivity index (χ1) is 9.61. The lowest BCUT2D eigenvalue weighted by Gasteiger charge is -2.12. The fraction of sp³-hybridized carbons (Fsp3) is 0.154. The van der Waals surface area contributed by atoms with Crippen LogP contribution in [0.1, 0.15) is 34.6 Å². The molecule has 0 bridgehead atoms. The van der Waals surface area contributed by atoms with Gasteiger partial charge in [-0.05, 0) is 41.4 Å². The molecule has 0 aliphatic heterocycles. The second kappa shape index (κ2) is 6.16. The topological polar surface area (TPSA) is 101 Å². The van der Waals surface area contributed by atoms with Gasteiger partial charge in [0.1, 0.15) is 5.69 Å². The van der Waals surface area contributed by atoms with Crippen LogP contribution in [0.3, 0.4) is 0 Å². The minimum absolute atomic E-state index is 0.0453. The Kier molecular flexibility index (Phi) is 4.31. The number of amides is 1. The van der Waals surface area contributed by atoms with Crippen molar-refractivity contribution in [2.75, 3.05) is 0 Å². The fourth-order valence-corrected chi connectivity index (χ4v) is 2.37. The normalized spacial score (nSPS) is 12.9. The molecule has 0 radical (unpaired) electrons. The van der Waals surface area contributed by atoms with Crippen LogP contribution in [-0.4, -0.2) is 21.9 Å². The van der Waals surface area contributed by atoms with Crippen LogP contribution in [0.2, 0.25) is 0 Å². The van der Waals surface area contributed by atoms with Crippen molar-refractivity contribution in [2.24, 2.45) is 10.9 Å². The molecule has 0 aromatic carbocycles. The van der Waals surface area contributed by atoms with Crippen LogP contribution in [0.25, 0.3) is 0 Å². The van der Waals surface area contributed by atoms with Gasteiger partial charge in [0.15, 0.2) is 5.84 Å². The minimum Gasteiger partial charge on any atom is -0.409 e. The van der Waals surface area contributed by atoms with Crippen molar-refractivity contribution < 1.29 is 10.0 Å². The molecule has 7 heteroatoms. The number of nitrogens with zero attached hydrogens (tertiary/aromatic N) is 2. The van der Waals surface area contributed by atoms with E-state index in [0.29, 0.717) is 5.56 Å². The third kappa shape index (κ3) is 3.12. The summed E-state index contributed by atoms with van der Waals surface area (Å²) in [6.45, 7) is 1.91. The molecular weight excluding hydrogens is 276 g/mol. The van der Waals surface area contributed by atoms with Gasteiger partial charge in [0.2, 0.25) is 0 Å². The van der Waals surface area contributed by atoms with E-state index in [1.54, 1.807) is 17.4 Å². The third-order valence-electron chi connectivity index (χ3n) is 2.79. The van der Waals surface area contributed by atoms with E-state index in [-0.39, 0.29) is 23.5 Å². The highest BCUT2D eigenvalue weighted by Crippen LogP contribution is 2.15. The summed E-state index contributed by atoms with van der Waals surface area (Å²) in [7, 11) is 0. The molecule has 2 aromatic heterocycles. The van der Waals surface area contributed by atoms with Gasteiger partial charge in [-0.25, -0.2) is 0 Å². The van der Waals surface area contributed by atoms with E-state index in [4.69, 9.17) is 10.9 Å². The summed E-state index contributed by atoms with van der Waals surface area (Å²) < 4.78 is 0. The average Bonchev–Trinajstić information content (AvgIpc) is 3.01. The predicted octanol–water partition coefficient (Wildman–Crippen LogP) is 1.73.